The Labute approximate surface area is 171 Å². The molecular formula is C19H20ClN5O4. The van der Waals surface area contributed by atoms with Crippen molar-refractivity contribution in [2.24, 2.45) is 0 Å². The predicted molar refractivity (Wildman–Crippen MR) is 109 cm³/mol. The number of pyridine rings is 2. The lowest BCUT2D eigenvalue weighted by Gasteiger charge is -2.35. The van der Waals surface area contributed by atoms with E-state index in [2.05, 4.69) is 15.0 Å². The largest absolute Gasteiger partial charge is 0.483 e. The number of likely N-dealkylation sites (tertiary alicyclic amines) is 1. The summed E-state index contributed by atoms with van der Waals surface area (Å²) < 4.78 is 0. The molecule has 29 heavy (non-hydrogen) atoms. The zero-order chi connectivity index (χ0) is 21.1. The number of hydrogen-bond donors (Lipinski definition) is 4. The third kappa shape index (κ3) is 4.01. The van der Waals surface area contributed by atoms with Crippen LogP contribution in [0.2, 0.25) is 5.15 Å². The molecule has 1 aliphatic heterocycles. The van der Waals surface area contributed by atoms with Crippen molar-refractivity contribution in [3.63, 3.8) is 0 Å². The van der Waals surface area contributed by atoms with Gasteiger partial charge in [-0.2, -0.15) is 0 Å². The summed E-state index contributed by atoms with van der Waals surface area (Å²) in [6, 6.07) is 5.39. The van der Waals surface area contributed by atoms with E-state index in [9.17, 15) is 9.90 Å². The van der Waals surface area contributed by atoms with Crippen molar-refractivity contribution in [3.05, 3.63) is 40.8 Å². The Hall–Kier alpha value is -3.17. The Morgan fingerprint density at radius 2 is 2.14 bits per heavy atom. The number of fused-ring (bicyclic) bond motifs is 1. The lowest BCUT2D eigenvalue weighted by Crippen LogP contribution is -2.53. The number of aromatic amines is 1. The van der Waals surface area contributed by atoms with E-state index in [0.717, 1.165) is 28.6 Å². The van der Waals surface area contributed by atoms with Gasteiger partial charge in [-0.15, -0.1) is 0 Å². The van der Waals surface area contributed by atoms with Gasteiger partial charge in [0.05, 0.1) is 17.5 Å². The number of carbonyl (C=O) groups is 2. The lowest BCUT2D eigenvalue weighted by atomic mass is 10.1. The molecule has 0 bridgehead atoms. The molecular weight excluding hydrogens is 398 g/mol. The molecule has 0 aliphatic carbocycles. The first-order valence-corrected chi connectivity index (χ1v) is 9.25. The van der Waals surface area contributed by atoms with Gasteiger partial charge in [-0.3, -0.25) is 9.59 Å². The van der Waals surface area contributed by atoms with Gasteiger partial charge in [0, 0.05) is 30.2 Å². The molecule has 3 aromatic rings. The van der Waals surface area contributed by atoms with Crippen LogP contribution in [0.1, 0.15) is 23.0 Å². The van der Waals surface area contributed by atoms with Crippen molar-refractivity contribution in [3.8, 4) is 11.3 Å². The number of aliphatic hydroxyl groups excluding tert-OH is 1. The zero-order valence-corrected chi connectivity index (χ0v) is 16.3. The molecule has 1 saturated heterocycles. The second-order valence-corrected chi connectivity index (χ2v) is 6.87. The number of nitrogen functional groups attached to an aromatic ring is 1. The molecule has 0 spiro atoms. The van der Waals surface area contributed by atoms with Crippen molar-refractivity contribution >= 4 is 40.7 Å². The minimum absolute atomic E-state index is 0.192. The first-order chi connectivity index (χ1) is 13.9. The summed E-state index contributed by atoms with van der Waals surface area (Å²) in [6.07, 6.45) is 2.00. The fraction of sp³-hybridized carbons (Fsp3) is 0.263. The smallest absolute Gasteiger partial charge is 0.290 e. The minimum atomic E-state index is -0.472. The number of carbonyl (C=O) groups excluding carboxylic acids is 1. The summed E-state index contributed by atoms with van der Waals surface area (Å²) in [5, 5.41) is 17.8. The van der Waals surface area contributed by atoms with Crippen molar-refractivity contribution in [1.29, 1.82) is 0 Å². The second-order valence-electron chi connectivity index (χ2n) is 6.49. The monoisotopic (exact) mass is 417 g/mol. The van der Waals surface area contributed by atoms with E-state index in [4.69, 9.17) is 27.2 Å². The number of β-amino-alcohol motifs (C(OH)–C–C–N with tert-alkyl or cyclic N) is 1. The number of H-pyrrole nitrogens is 1. The number of rotatable bonds is 3. The molecule has 0 atom stereocenters. The number of nitrogens with two attached hydrogens (primary N) is 1. The van der Waals surface area contributed by atoms with E-state index in [-0.39, 0.29) is 18.1 Å². The summed E-state index contributed by atoms with van der Waals surface area (Å²) in [7, 11) is 0. The maximum absolute atomic E-state index is 12.5. The number of aromatic nitrogens is 3. The molecule has 3 aromatic heterocycles. The summed E-state index contributed by atoms with van der Waals surface area (Å²) in [5.41, 5.74) is 9.56. The standard InChI is InChI=1S/C18H18ClN5O2.CH2O2/c1-2-11-12-5-9(6-21-17(12)23-16(11)19)14-4-3-13(20)15(22-14)18(26)24-7-10(25)8-24;2-1-3/h3-6,10,25H,2,7-8,20H2,1H3,(H,21,23);1H,(H,2,3). The number of nitrogens with one attached hydrogen (secondary N) is 1. The number of aliphatic hydroxyl groups is 1. The highest BCUT2D eigenvalue weighted by molar-refractivity contribution is 6.31. The molecule has 4 heterocycles. The van der Waals surface area contributed by atoms with E-state index < -0.39 is 6.10 Å². The summed E-state index contributed by atoms with van der Waals surface area (Å²) >= 11 is 6.22. The summed E-state index contributed by atoms with van der Waals surface area (Å²) in [6.45, 7) is 2.39. The third-order valence-corrected chi connectivity index (χ3v) is 4.96. The Bertz CT molecular complexity index is 1060. The molecule has 1 fully saturated rings. The first kappa shape index (κ1) is 20.6. The van der Waals surface area contributed by atoms with Crippen LogP contribution in [0.15, 0.2) is 24.4 Å². The minimum Gasteiger partial charge on any atom is -0.483 e. The van der Waals surface area contributed by atoms with Crippen LogP contribution in [0.25, 0.3) is 22.3 Å². The van der Waals surface area contributed by atoms with E-state index in [1.54, 1.807) is 18.3 Å². The van der Waals surface area contributed by atoms with Crippen molar-refractivity contribution in [2.45, 2.75) is 19.4 Å². The molecule has 5 N–H and O–H groups in total. The van der Waals surface area contributed by atoms with Crippen LogP contribution in [0.3, 0.4) is 0 Å². The Morgan fingerprint density at radius 3 is 2.76 bits per heavy atom. The number of anilines is 1. The fourth-order valence-electron chi connectivity index (χ4n) is 3.15. The Kier molecular flexibility index (Phi) is 6.00. The van der Waals surface area contributed by atoms with Gasteiger partial charge in [-0.1, -0.05) is 18.5 Å². The number of aryl methyl sites for hydroxylation is 1. The van der Waals surface area contributed by atoms with E-state index >= 15 is 0 Å². The highest BCUT2D eigenvalue weighted by Crippen LogP contribution is 2.29. The maximum Gasteiger partial charge on any atom is 0.290 e. The number of carboxylic acid groups (broad SMARTS) is 1. The van der Waals surface area contributed by atoms with Gasteiger partial charge in [0.1, 0.15) is 10.8 Å². The van der Waals surface area contributed by atoms with Crippen LogP contribution in [0, 0.1) is 0 Å². The second kappa shape index (κ2) is 8.46. The number of halogens is 1. The molecule has 10 heteroatoms. The summed E-state index contributed by atoms with van der Waals surface area (Å²) in [4.78, 5) is 34.3. The number of nitrogens with zero attached hydrogens (tertiary/aromatic N) is 3. The van der Waals surface area contributed by atoms with Crippen LogP contribution in [-0.2, 0) is 11.2 Å². The fourth-order valence-corrected chi connectivity index (χ4v) is 3.48. The normalized spacial score (nSPS) is 13.6. The molecule has 152 valence electrons. The topological polar surface area (TPSA) is 145 Å². The Balaban J connectivity index is 0.000000755. The molecule has 0 saturated carbocycles. The van der Waals surface area contributed by atoms with E-state index in [1.807, 2.05) is 13.0 Å². The molecule has 0 unspecified atom stereocenters. The van der Waals surface area contributed by atoms with Crippen LogP contribution in [-0.4, -0.2) is 61.6 Å². The van der Waals surface area contributed by atoms with Crippen molar-refractivity contribution in [2.75, 3.05) is 18.8 Å². The van der Waals surface area contributed by atoms with Crippen LogP contribution >= 0.6 is 11.6 Å². The highest BCUT2D eigenvalue weighted by Gasteiger charge is 2.31. The highest BCUT2D eigenvalue weighted by atomic mass is 35.5. The van der Waals surface area contributed by atoms with Gasteiger partial charge in [0.15, 0.2) is 5.69 Å². The number of hydrogen-bond acceptors (Lipinski definition) is 6. The van der Waals surface area contributed by atoms with Crippen molar-refractivity contribution < 1.29 is 19.8 Å². The Morgan fingerprint density at radius 1 is 1.45 bits per heavy atom. The average Bonchev–Trinajstić information content (AvgIpc) is 3.00. The van der Waals surface area contributed by atoms with Gasteiger partial charge in [-0.05, 0) is 30.2 Å². The predicted octanol–water partition coefficient (Wildman–Crippen LogP) is 1.94. The SMILES string of the molecule is CCc1c(Cl)[nH]c2ncc(-c3ccc(N)c(C(=O)N4CC(O)C4)n3)cc12.O=CO. The first-order valence-electron chi connectivity index (χ1n) is 8.87. The van der Waals surface area contributed by atoms with Gasteiger partial charge in [0.25, 0.3) is 12.4 Å². The molecule has 9 nitrogen and oxygen atoms in total. The average molecular weight is 418 g/mol. The quantitative estimate of drug-likeness (QED) is 0.476. The van der Waals surface area contributed by atoms with Gasteiger partial charge in [0.2, 0.25) is 0 Å². The van der Waals surface area contributed by atoms with Gasteiger partial charge < -0.3 is 25.8 Å². The van der Waals surface area contributed by atoms with Crippen LogP contribution in [0.4, 0.5) is 5.69 Å². The zero-order valence-electron chi connectivity index (χ0n) is 15.6. The molecule has 4 rings (SSSR count). The molecule has 0 radical (unpaired) electrons. The van der Waals surface area contributed by atoms with E-state index in [1.165, 1.54) is 4.90 Å². The van der Waals surface area contributed by atoms with Crippen LogP contribution in [0.5, 0.6) is 0 Å². The molecule has 1 aliphatic rings. The van der Waals surface area contributed by atoms with Gasteiger partial charge in [-0.25, -0.2) is 9.97 Å². The van der Waals surface area contributed by atoms with Crippen LogP contribution < -0.4 is 5.73 Å². The van der Waals surface area contributed by atoms with Gasteiger partial charge >= 0.3 is 0 Å². The number of amides is 1. The summed E-state index contributed by atoms with van der Waals surface area (Å²) in [5.74, 6) is -0.275. The lowest BCUT2D eigenvalue weighted by molar-refractivity contribution is -0.122. The van der Waals surface area contributed by atoms with Crippen molar-refractivity contribution in [1.82, 2.24) is 19.9 Å². The third-order valence-electron chi connectivity index (χ3n) is 4.63. The van der Waals surface area contributed by atoms with E-state index in [0.29, 0.717) is 29.6 Å². The molecule has 0 aromatic carbocycles. The molecule has 1 amide bonds. The maximum atomic E-state index is 12.5.